The zero-order valence-electron chi connectivity index (χ0n) is 16.7. The summed E-state index contributed by atoms with van der Waals surface area (Å²) >= 11 is 5.99. The van der Waals surface area contributed by atoms with Crippen LogP contribution in [0.2, 0.25) is 5.02 Å². The van der Waals surface area contributed by atoms with Crippen LogP contribution in [-0.4, -0.2) is 42.7 Å². The summed E-state index contributed by atoms with van der Waals surface area (Å²) in [7, 11) is 0. The Hall–Kier alpha value is -2.51. The van der Waals surface area contributed by atoms with Gasteiger partial charge in [0.15, 0.2) is 5.82 Å². The molecule has 0 atom stereocenters. The van der Waals surface area contributed by atoms with E-state index >= 15 is 0 Å². The van der Waals surface area contributed by atoms with Gasteiger partial charge in [0.1, 0.15) is 5.82 Å². The minimum absolute atomic E-state index is 0.115. The van der Waals surface area contributed by atoms with E-state index < -0.39 is 0 Å². The highest BCUT2D eigenvalue weighted by atomic mass is 35.5. The van der Waals surface area contributed by atoms with Crippen molar-refractivity contribution < 1.29 is 0 Å². The van der Waals surface area contributed by atoms with Crippen LogP contribution in [0.25, 0.3) is 11.4 Å². The fourth-order valence-electron chi connectivity index (χ4n) is 3.97. The van der Waals surface area contributed by atoms with Crippen molar-refractivity contribution in [3.63, 3.8) is 0 Å². The first-order valence-corrected chi connectivity index (χ1v) is 10.4. The van der Waals surface area contributed by atoms with E-state index in [2.05, 4.69) is 20.1 Å². The highest BCUT2D eigenvalue weighted by Gasteiger charge is 2.25. The van der Waals surface area contributed by atoms with Gasteiger partial charge in [0, 0.05) is 35.3 Å². The van der Waals surface area contributed by atoms with E-state index in [4.69, 9.17) is 16.6 Å². The number of hydrogen-bond donors (Lipinski definition) is 1. The predicted octanol–water partition coefficient (Wildman–Crippen LogP) is 3.39. The number of rotatable bonds is 5. The molecule has 0 aliphatic carbocycles. The number of aromatic amines is 1. The molecule has 1 aromatic carbocycles. The van der Waals surface area contributed by atoms with Gasteiger partial charge in [-0.15, -0.1) is 0 Å². The average molecular weight is 413 g/mol. The molecule has 3 aromatic rings. The van der Waals surface area contributed by atoms with E-state index in [0.29, 0.717) is 17.5 Å². The molecule has 1 fully saturated rings. The molecule has 1 aliphatic rings. The maximum atomic E-state index is 11.8. The summed E-state index contributed by atoms with van der Waals surface area (Å²) in [5.41, 5.74) is 2.83. The topological polar surface area (TPSA) is 79.7 Å². The Morgan fingerprint density at radius 2 is 1.90 bits per heavy atom. The molecule has 1 N–H and O–H groups in total. The van der Waals surface area contributed by atoms with E-state index in [1.54, 1.807) is 4.57 Å². The average Bonchev–Trinajstić information content (AvgIpc) is 3.09. The molecular weight excluding hydrogens is 388 g/mol. The molecule has 0 bridgehead atoms. The van der Waals surface area contributed by atoms with Gasteiger partial charge in [-0.2, -0.15) is 5.10 Å². The largest absolute Gasteiger partial charge is 0.343 e. The maximum absolute atomic E-state index is 11.8. The third kappa shape index (κ3) is 4.41. The first-order valence-electron chi connectivity index (χ1n) is 10.0. The summed E-state index contributed by atoms with van der Waals surface area (Å²) in [4.78, 5) is 23.6. The number of likely N-dealkylation sites (tertiary alicyclic amines) is 1. The van der Waals surface area contributed by atoms with Crippen LogP contribution in [0, 0.1) is 6.92 Å². The molecule has 8 heteroatoms. The maximum Gasteiger partial charge on any atom is 0.343 e. The van der Waals surface area contributed by atoms with Gasteiger partial charge < -0.3 is 0 Å². The Bertz CT molecular complexity index is 1030. The summed E-state index contributed by atoms with van der Waals surface area (Å²) in [5.74, 6) is 1.94. The molecule has 2 aromatic heterocycles. The Morgan fingerprint density at radius 1 is 1.17 bits per heavy atom. The van der Waals surface area contributed by atoms with Gasteiger partial charge in [0.25, 0.3) is 0 Å². The SMILES string of the molecule is CCn1c(C2CCN(Cc3cc(C)nc(-c4ccc(Cl)cc4)n3)CC2)n[nH]c1=O. The smallest absolute Gasteiger partial charge is 0.297 e. The lowest BCUT2D eigenvalue weighted by Gasteiger charge is -2.31. The summed E-state index contributed by atoms with van der Waals surface area (Å²) < 4.78 is 1.74. The Balaban J connectivity index is 1.44. The molecule has 1 saturated heterocycles. The zero-order valence-corrected chi connectivity index (χ0v) is 17.5. The van der Waals surface area contributed by atoms with E-state index in [9.17, 15) is 4.79 Å². The fourth-order valence-corrected chi connectivity index (χ4v) is 4.09. The molecule has 7 nitrogen and oxygen atoms in total. The Morgan fingerprint density at radius 3 is 2.59 bits per heavy atom. The first kappa shape index (κ1) is 19.8. The number of aromatic nitrogens is 5. The van der Waals surface area contributed by atoms with Crippen molar-refractivity contribution in [2.75, 3.05) is 13.1 Å². The number of aryl methyl sites for hydroxylation is 1. The zero-order chi connectivity index (χ0) is 20.4. The molecule has 3 heterocycles. The summed E-state index contributed by atoms with van der Waals surface area (Å²) in [6.45, 7) is 7.32. The van der Waals surface area contributed by atoms with Gasteiger partial charge in [-0.3, -0.25) is 9.47 Å². The quantitative estimate of drug-likeness (QED) is 0.694. The second kappa shape index (κ2) is 8.47. The van der Waals surface area contributed by atoms with Crippen LogP contribution in [0.4, 0.5) is 0 Å². The lowest BCUT2D eigenvalue weighted by molar-refractivity contribution is 0.198. The summed E-state index contributed by atoms with van der Waals surface area (Å²) in [5, 5.41) is 7.55. The molecule has 0 spiro atoms. The number of H-pyrrole nitrogens is 1. The van der Waals surface area contributed by atoms with Crippen LogP contribution in [-0.2, 0) is 13.1 Å². The second-order valence-corrected chi connectivity index (χ2v) is 7.95. The number of halogens is 1. The molecule has 4 rings (SSSR count). The normalized spacial score (nSPS) is 15.7. The van der Waals surface area contributed by atoms with Gasteiger partial charge >= 0.3 is 5.69 Å². The van der Waals surface area contributed by atoms with E-state index in [-0.39, 0.29) is 5.69 Å². The fraction of sp³-hybridized carbons (Fsp3) is 0.429. The lowest BCUT2D eigenvalue weighted by atomic mass is 9.95. The molecule has 0 amide bonds. The van der Waals surface area contributed by atoms with Gasteiger partial charge in [-0.25, -0.2) is 19.9 Å². The van der Waals surface area contributed by atoms with Gasteiger partial charge in [0.2, 0.25) is 0 Å². The van der Waals surface area contributed by atoms with Crippen LogP contribution in [0.5, 0.6) is 0 Å². The summed E-state index contributed by atoms with van der Waals surface area (Å²) in [6, 6.07) is 9.66. The van der Waals surface area contributed by atoms with Crippen LogP contribution in [0.1, 0.15) is 42.9 Å². The number of hydrogen-bond acceptors (Lipinski definition) is 5. The van der Waals surface area contributed by atoms with Crippen molar-refractivity contribution in [2.24, 2.45) is 0 Å². The van der Waals surface area contributed by atoms with E-state index in [1.165, 1.54) is 0 Å². The van der Waals surface area contributed by atoms with Crippen molar-refractivity contribution in [3.05, 3.63) is 63.1 Å². The minimum Gasteiger partial charge on any atom is -0.297 e. The third-order valence-electron chi connectivity index (χ3n) is 5.45. The second-order valence-electron chi connectivity index (χ2n) is 7.51. The number of benzene rings is 1. The molecule has 1 aliphatic heterocycles. The van der Waals surface area contributed by atoms with Crippen molar-refractivity contribution in [1.82, 2.24) is 29.6 Å². The van der Waals surface area contributed by atoms with Crippen molar-refractivity contribution >= 4 is 11.6 Å². The Kier molecular flexibility index (Phi) is 5.78. The Labute approximate surface area is 174 Å². The lowest BCUT2D eigenvalue weighted by Crippen LogP contribution is -2.34. The molecule has 0 radical (unpaired) electrons. The van der Waals surface area contributed by atoms with Crippen molar-refractivity contribution in [2.45, 2.75) is 45.7 Å². The minimum atomic E-state index is -0.115. The molecule has 0 saturated carbocycles. The predicted molar refractivity (Wildman–Crippen MR) is 113 cm³/mol. The molecule has 29 heavy (non-hydrogen) atoms. The van der Waals surface area contributed by atoms with Crippen LogP contribution < -0.4 is 5.69 Å². The third-order valence-corrected chi connectivity index (χ3v) is 5.70. The van der Waals surface area contributed by atoms with Crippen LogP contribution >= 0.6 is 11.6 Å². The number of nitrogens with zero attached hydrogens (tertiary/aromatic N) is 5. The van der Waals surface area contributed by atoms with Crippen molar-refractivity contribution in [3.8, 4) is 11.4 Å². The molecule has 152 valence electrons. The van der Waals surface area contributed by atoms with Gasteiger partial charge in [0.05, 0.1) is 5.69 Å². The van der Waals surface area contributed by atoms with Gasteiger partial charge in [-0.05, 0) is 70.1 Å². The molecular formula is C21H25ClN6O. The van der Waals surface area contributed by atoms with E-state index in [1.807, 2.05) is 44.2 Å². The van der Waals surface area contributed by atoms with Crippen LogP contribution in [0.3, 0.4) is 0 Å². The van der Waals surface area contributed by atoms with Crippen LogP contribution in [0.15, 0.2) is 35.1 Å². The van der Waals surface area contributed by atoms with Gasteiger partial charge in [-0.1, -0.05) is 11.6 Å². The standard InChI is InChI=1S/C21H25ClN6O/c1-3-28-20(25-26-21(28)29)16-8-10-27(11-9-16)13-18-12-14(2)23-19(24-18)15-4-6-17(22)7-5-15/h4-7,12,16H,3,8-11,13H2,1-2H3,(H,26,29). The molecule has 0 unspecified atom stereocenters. The summed E-state index contributed by atoms with van der Waals surface area (Å²) in [6.07, 6.45) is 1.97. The highest BCUT2D eigenvalue weighted by molar-refractivity contribution is 6.30. The first-order chi connectivity index (χ1) is 14.0. The van der Waals surface area contributed by atoms with Crippen molar-refractivity contribution in [1.29, 1.82) is 0 Å². The number of piperidine rings is 1. The van der Waals surface area contributed by atoms with E-state index in [0.717, 1.165) is 61.1 Å². The monoisotopic (exact) mass is 412 g/mol. The highest BCUT2D eigenvalue weighted by Crippen LogP contribution is 2.27. The number of nitrogens with one attached hydrogen (secondary N) is 1.